The summed E-state index contributed by atoms with van der Waals surface area (Å²) in [6.07, 6.45) is 0.169. The molecule has 3 amide bonds. The zero-order valence-corrected chi connectivity index (χ0v) is 19.3. The third kappa shape index (κ3) is 7.03. The predicted octanol–water partition coefficient (Wildman–Crippen LogP) is 0.515. The van der Waals surface area contributed by atoms with Gasteiger partial charge < -0.3 is 19.1 Å². The molecule has 0 saturated heterocycles. The van der Waals surface area contributed by atoms with Crippen LogP contribution in [0.5, 0.6) is 11.8 Å². The molecule has 2 aromatic rings. The summed E-state index contributed by atoms with van der Waals surface area (Å²) < 4.78 is 42.3. The normalized spacial score (nSPS) is 10.4. The first kappa shape index (κ1) is 29.1. The van der Waals surface area contributed by atoms with Gasteiger partial charge in [0.25, 0.3) is 10.0 Å². The van der Waals surface area contributed by atoms with E-state index in [1.165, 1.54) is 44.4 Å². The molecular weight excluding hydrogens is 481 g/mol. The van der Waals surface area contributed by atoms with E-state index < -0.39 is 26.9 Å². The summed E-state index contributed by atoms with van der Waals surface area (Å²) in [7, 11) is 0.582. The number of methoxy groups -OCH3 is 3. The number of benzene rings is 1. The van der Waals surface area contributed by atoms with E-state index in [4.69, 9.17) is 9.47 Å². The number of nitrogens with one attached hydrogen (secondary N) is 2. The maximum absolute atomic E-state index is 13.0. The van der Waals surface area contributed by atoms with E-state index in [0.717, 1.165) is 13.2 Å². The van der Waals surface area contributed by atoms with Crippen LogP contribution in [0.4, 0.5) is 16.4 Å². The first-order valence-corrected chi connectivity index (χ1v) is 10.8. The van der Waals surface area contributed by atoms with Gasteiger partial charge in [-0.2, -0.15) is 9.97 Å². The van der Waals surface area contributed by atoms with E-state index in [9.17, 15) is 22.8 Å². The molecule has 0 radical (unpaired) electrons. The molecule has 0 unspecified atom stereocenters. The monoisotopic (exact) mass is 505 g/mol. The van der Waals surface area contributed by atoms with Crippen molar-refractivity contribution in [2.75, 3.05) is 38.6 Å². The SMILES string of the molecule is CCC(=O)N(C)c1ccc(C(=O)OC)c(S(=O)(=O)NC(=O)Nc2nc(OC)cc(OC)n2)c1.[NaH]. The van der Waals surface area contributed by atoms with E-state index in [0.29, 0.717) is 0 Å². The summed E-state index contributed by atoms with van der Waals surface area (Å²) in [6.45, 7) is 1.64. The van der Waals surface area contributed by atoms with Gasteiger partial charge in [0.2, 0.25) is 23.6 Å². The molecule has 0 fully saturated rings. The fourth-order valence-electron chi connectivity index (χ4n) is 2.57. The first-order chi connectivity index (χ1) is 15.6. The molecular formula is C19H24N5NaO8S. The number of hydrogen-bond acceptors (Lipinski definition) is 10. The Morgan fingerprint density at radius 1 is 1.03 bits per heavy atom. The van der Waals surface area contributed by atoms with Crippen molar-refractivity contribution >= 4 is 69.1 Å². The van der Waals surface area contributed by atoms with E-state index in [1.807, 2.05) is 0 Å². The topological polar surface area (TPSA) is 166 Å². The second kappa shape index (κ2) is 12.5. The second-order valence-electron chi connectivity index (χ2n) is 6.31. The van der Waals surface area contributed by atoms with Crippen molar-refractivity contribution in [1.82, 2.24) is 14.7 Å². The number of sulfonamides is 1. The molecule has 0 aliphatic carbocycles. The zero-order chi connectivity index (χ0) is 24.8. The average molecular weight is 505 g/mol. The molecule has 15 heteroatoms. The molecule has 13 nitrogen and oxygen atoms in total. The van der Waals surface area contributed by atoms with Gasteiger partial charge in [-0.15, -0.1) is 0 Å². The van der Waals surface area contributed by atoms with Gasteiger partial charge in [-0.3, -0.25) is 10.1 Å². The number of rotatable bonds is 8. The minimum absolute atomic E-state index is 0. The molecule has 2 N–H and O–H groups in total. The van der Waals surface area contributed by atoms with Gasteiger partial charge in [-0.1, -0.05) is 6.92 Å². The molecule has 0 aliphatic rings. The van der Waals surface area contributed by atoms with Crippen molar-refractivity contribution in [1.29, 1.82) is 0 Å². The Morgan fingerprint density at radius 2 is 1.62 bits per heavy atom. The van der Waals surface area contributed by atoms with Crippen molar-refractivity contribution in [3.8, 4) is 11.8 Å². The van der Waals surface area contributed by atoms with Gasteiger partial charge in [0.1, 0.15) is 4.90 Å². The number of ether oxygens (including phenoxy) is 3. The molecule has 0 aliphatic heterocycles. The van der Waals surface area contributed by atoms with Gasteiger partial charge in [-0.05, 0) is 18.2 Å². The Labute approximate surface area is 218 Å². The number of amides is 3. The zero-order valence-electron chi connectivity index (χ0n) is 18.5. The Hall–Kier alpha value is -2.94. The number of esters is 1. The van der Waals surface area contributed by atoms with Crippen LogP contribution in [-0.2, 0) is 19.6 Å². The van der Waals surface area contributed by atoms with Crippen LogP contribution in [0.15, 0.2) is 29.2 Å². The van der Waals surface area contributed by atoms with Gasteiger partial charge in [0.05, 0.1) is 33.0 Å². The molecule has 0 bridgehead atoms. The van der Waals surface area contributed by atoms with Crippen LogP contribution in [0.1, 0.15) is 23.7 Å². The summed E-state index contributed by atoms with van der Waals surface area (Å²) in [6, 6.07) is 3.78. The number of carbonyl (C=O) groups is 3. The number of urea groups is 1. The summed E-state index contributed by atoms with van der Waals surface area (Å²) in [4.78, 5) is 44.9. The van der Waals surface area contributed by atoms with Crippen molar-refractivity contribution in [3.05, 3.63) is 29.8 Å². The maximum atomic E-state index is 13.0. The quantitative estimate of drug-likeness (QED) is 0.381. The summed E-state index contributed by atoms with van der Waals surface area (Å²) in [5.41, 5.74) is -0.144. The van der Waals surface area contributed by atoms with Crippen LogP contribution in [-0.4, -0.2) is 94.2 Å². The third-order valence-electron chi connectivity index (χ3n) is 4.27. The molecule has 1 aromatic carbocycles. The van der Waals surface area contributed by atoms with Crippen molar-refractivity contribution in [2.24, 2.45) is 0 Å². The number of hydrogen-bond donors (Lipinski definition) is 2. The Balaban J connectivity index is 0.00000578. The molecule has 34 heavy (non-hydrogen) atoms. The molecule has 2 rings (SSSR count). The molecule has 0 saturated carbocycles. The fourth-order valence-corrected chi connectivity index (χ4v) is 3.70. The summed E-state index contributed by atoms with van der Waals surface area (Å²) >= 11 is 0. The second-order valence-corrected chi connectivity index (χ2v) is 7.97. The Morgan fingerprint density at radius 3 is 2.12 bits per heavy atom. The van der Waals surface area contributed by atoms with Crippen LogP contribution in [0.3, 0.4) is 0 Å². The van der Waals surface area contributed by atoms with Crippen LogP contribution < -0.4 is 24.4 Å². The van der Waals surface area contributed by atoms with Crippen LogP contribution in [0.2, 0.25) is 0 Å². The van der Waals surface area contributed by atoms with Crippen molar-refractivity contribution in [3.63, 3.8) is 0 Å². The van der Waals surface area contributed by atoms with Gasteiger partial charge in [-0.25, -0.2) is 22.7 Å². The molecule has 0 atom stereocenters. The fraction of sp³-hybridized carbons (Fsp3) is 0.316. The van der Waals surface area contributed by atoms with Gasteiger partial charge in [0.15, 0.2) is 0 Å². The molecule has 180 valence electrons. The standard InChI is InChI=1S/C19H23N5O8S.Na.H/c1-6-16(25)24(2)11-7-8-12(17(26)32-5)13(9-11)33(28,29)23-19(27)22-18-20-14(30-3)10-15(21-18)31-4;;/h7-10H,6H2,1-5H3,(H2,20,21,22,23,27);;. The Kier molecular flexibility index (Phi) is 10.7. The van der Waals surface area contributed by atoms with Crippen molar-refractivity contribution in [2.45, 2.75) is 18.2 Å². The first-order valence-electron chi connectivity index (χ1n) is 9.36. The number of carbonyl (C=O) groups excluding carboxylic acids is 3. The minimum atomic E-state index is -4.60. The van der Waals surface area contributed by atoms with Crippen LogP contribution in [0, 0.1) is 0 Å². The average Bonchev–Trinajstić information content (AvgIpc) is 2.81. The van der Waals surface area contributed by atoms with Crippen molar-refractivity contribution < 1.29 is 37.0 Å². The van der Waals surface area contributed by atoms with Crippen LogP contribution in [0.25, 0.3) is 0 Å². The third-order valence-corrected chi connectivity index (χ3v) is 5.64. The summed E-state index contributed by atoms with van der Waals surface area (Å²) in [5, 5.41) is 2.15. The van der Waals surface area contributed by atoms with Crippen LogP contribution >= 0.6 is 0 Å². The van der Waals surface area contributed by atoms with Gasteiger partial charge >= 0.3 is 41.6 Å². The van der Waals surface area contributed by atoms with E-state index in [-0.39, 0.29) is 70.8 Å². The summed E-state index contributed by atoms with van der Waals surface area (Å²) in [5.74, 6) is -1.42. The van der Waals surface area contributed by atoms with E-state index in [2.05, 4.69) is 20.0 Å². The number of anilines is 2. The van der Waals surface area contributed by atoms with E-state index in [1.54, 1.807) is 11.6 Å². The van der Waals surface area contributed by atoms with E-state index >= 15 is 0 Å². The molecule has 0 spiro atoms. The predicted molar refractivity (Wildman–Crippen MR) is 123 cm³/mol. The number of aromatic nitrogens is 2. The molecule has 1 heterocycles. The van der Waals surface area contributed by atoms with Gasteiger partial charge in [0, 0.05) is 19.2 Å². The number of nitrogens with zero attached hydrogens (tertiary/aromatic N) is 3. The molecule has 1 aromatic heterocycles. The Bertz CT molecular complexity index is 1150.